The lowest BCUT2D eigenvalue weighted by atomic mass is 10.2. The van der Waals surface area contributed by atoms with Gasteiger partial charge in [-0.1, -0.05) is 0 Å². The van der Waals surface area contributed by atoms with Gasteiger partial charge in [0.25, 0.3) is 0 Å². The van der Waals surface area contributed by atoms with Gasteiger partial charge in [0.1, 0.15) is 17.3 Å². The van der Waals surface area contributed by atoms with E-state index in [1.165, 1.54) is 0 Å². The Kier molecular flexibility index (Phi) is 5.04. The molecule has 118 valence electrons. The Hall–Kier alpha value is -2.50. The molecule has 0 unspecified atom stereocenters. The molecule has 0 bridgehead atoms. The van der Waals surface area contributed by atoms with Gasteiger partial charge in [-0.25, -0.2) is 4.98 Å². The maximum absolute atomic E-state index is 5.43. The summed E-state index contributed by atoms with van der Waals surface area (Å²) >= 11 is 0. The monoisotopic (exact) mass is 302 g/mol. The Morgan fingerprint density at radius 2 is 1.82 bits per heavy atom. The van der Waals surface area contributed by atoms with Crippen LogP contribution in [-0.2, 0) is 6.54 Å². The normalized spacial score (nSPS) is 10.2. The number of methoxy groups -OCH3 is 2. The van der Waals surface area contributed by atoms with Gasteiger partial charge < -0.3 is 19.3 Å². The van der Waals surface area contributed by atoms with Gasteiger partial charge in [-0.05, 0) is 18.2 Å². The Balaban J connectivity index is 2.21. The molecule has 6 heteroatoms. The second-order valence-electron chi connectivity index (χ2n) is 5.14. The van der Waals surface area contributed by atoms with Crippen LogP contribution in [0.15, 0.2) is 30.5 Å². The average Bonchev–Trinajstić information content (AvgIpc) is 2.55. The number of ether oxygens (including phenoxy) is 2. The highest BCUT2D eigenvalue weighted by atomic mass is 16.5. The average molecular weight is 302 g/mol. The Morgan fingerprint density at radius 1 is 1.05 bits per heavy atom. The van der Waals surface area contributed by atoms with E-state index in [0.717, 1.165) is 22.9 Å². The molecule has 1 heterocycles. The summed E-state index contributed by atoms with van der Waals surface area (Å²) in [6.45, 7) is 0.643. The molecule has 0 amide bonds. The predicted octanol–water partition coefficient (Wildman–Crippen LogP) is 2.20. The molecular formula is C16H22N4O2. The van der Waals surface area contributed by atoms with Crippen LogP contribution in [0.5, 0.6) is 11.5 Å². The van der Waals surface area contributed by atoms with E-state index in [1.54, 1.807) is 20.4 Å². The van der Waals surface area contributed by atoms with Crippen LogP contribution in [-0.4, -0.2) is 45.3 Å². The van der Waals surface area contributed by atoms with Crippen LogP contribution in [0.3, 0.4) is 0 Å². The summed E-state index contributed by atoms with van der Waals surface area (Å²) in [7, 11) is 9.16. The molecule has 1 aromatic heterocycles. The first-order chi connectivity index (χ1) is 10.5. The fourth-order valence-electron chi connectivity index (χ4n) is 2.08. The molecule has 0 aliphatic rings. The third-order valence-corrected chi connectivity index (χ3v) is 3.33. The Morgan fingerprint density at radius 3 is 2.45 bits per heavy atom. The molecule has 0 spiro atoms. The minimum absolute atomic E-state index is 0.643. The fourth-order valence-corrected chi connectivity index (χ4v) is 2.08. The second-order valence-corrected chi connectivity index (χ2v) is 5.14. The van der Waals surface area contributed by atoms with E-state index in [4.69, 9.17) is 9.47 Å². The van der Waals surface area contributed by atoms with Gasteiger partial charge in [-0.15, -0.1) is 0 Å². The zero-order valence-corrected chi connectivity index (χ0v) is 13.7. The summed E-state index contributed by atoms with van der Waals surface area (Å²) in [5.74, 6) is 3.10. The molecule has 0 saturated heterocycles. The smallest absolute Gasteiger partial charge is 0.227 e. The molecular weight excluding hydrogens is 280 g/mol. The van der Waals surface area contributed by atoms with Crippen molar-refractivity contribution in [3.8, 4) is 11.5 Å². The van der Waals surface area contributed by atoms with E-state index in [2.05, 4.69) is 9.97 Å². The summed E-state index contributed by atoms with van der Waals surface area (Å²) in [6, 6.07) is 7.67. The number of benzene rings is 1. The number of hydrogen-bond donors (Lipinski definition) is 0. The molecule has 22 heavy (non-hydrogen) atoms. The molecule has 0 N–H and O–H groups in total. The largest absolute Gasteiger partial charge is 0.497 e. The third-order valence-electron chi connectivity index (χ3n) is 3.33. The maximum Gasteiger partial charge on any atom is 0.227 e. The summed E-state index contributed by atoms with van der Waals surface area (Å²) in [5, 5.41) is 0. The zero-order valence-electron chi connectivity index (χ0n) is 13.7. The zero-order chi connectivity index (χ0) is 16.1. The lowest BCUT2D eigenvalue weighted by Gasteiger charge is -2.20. The number of anilines is 2. The molecule has 0 radical (unpaired) electrons. The number of aromatic nitrogens is 2. The topological polar surface area (TPSA) is 50.7 Å². The van der Waals surface area contributed by atoms with Gasteiger partial charge in [-0.3, -0.25) is 0 Å². The molecule has 0 aliphatic carbocycles. The number of hydrogen-bond acceptors (Lipinski definition) is 6. The van der Waals surface area contributed by atoms with Crippen molar-refractivity contribution < 1.29 is 9.47 Å². The summed E-state index contributed by atoms with van der Waals surface area (Å²) in [6.07, 6.45) is 1.76. The Labute approximate surface area is 131 Å². The van der Waals surface area contributed by atoms with Crippen LogP contribution < -0.4 is 19.3 Å². The van der Waals surface area contributed by atoms with Crippen molar-refractivity contribution in [1.82, 2.24) is 9.97 Å². The van der Waals surface area contributed by atoms with Crippen molar-refractivity contribution in [2.45, 2.75) is 6.54 Å². The minimum atomic E-state index is 0.643. The molecule has 6 nitrogen and oxygen atoms in total. The highest BCUT2D eigenvalue weighted by Gasteiger charge is 2.11. The molecule has 2 aromatic rings. The minimum Gasteiger partial charge on any atom is -0.497 e. The van der Waals surface area contributed by atoms with Gasteiger partial charge in [0, 0.05) is 45.5 Å². The fraction of sp³-hybridized carbons (Fsp3) is 0.375. The molecule has 0 aliphatic heterocycles. The summed E-state index contributed by atoms with van der Waals surface area (Å²) < 4.78 is 10.7. The van der Waals surface area contributed by atoms with Gasteiger partial charge >= 0.3 is 0 Å². The van der Waals surface area contributed by atoms with Crippen molar-refractivity contribution in [2.75, 3.05) is 45.2 Å². The lowest BCUT2D eigenvalue weighted by Crippen LogP contribution is -2.21. The Bertz CT molecular complexity index is 631. The standard InChI is InChI=1S/C16H22N4O2/c1-19(2)15-8-9-17-16(18-15)20(3)11-12-6-7-13(21-4)10-14(12)22-5/h6-10H,11H2,1-5H3. The first-order valence-electron chi connectivity index (χ1n) is 6.97. The van der Waals surface area contributed by atoms with Crippen LogP contribution in [0, 0.1) is 0 Å². The van der Waals surface area contributed by atoms with Gasteiger partial charge in [0.15, 0.2) is 0 Å². The first kappa shape index (κ1) is 15.9. The van der Waals surface area contributed by atoms with Gasteiger partial charge in [0.2, 0.25) is 5.95 Å². The molecule has 0 atom stereocenters. The number of nitrogens with zero attached hydrogens (tertiary/aromatic N) is 4. The van der Waals surface area contributed by atoms with E-state index in [-0.39, 0.29) is 0 Å². The predicted molar refractivity (Wildman–Crippen MR) is 88.0 cm³/mol. The third kappa shape index (κ3) is 3.58. The van der Waals surface area contributed by atoms with Crippen LogP contribution in [0.25, 0.3) is 0 Å². The first-order valence-corrected chi connectivity index (χ1v) is 6.97. The van der Waals surface area contributed by atoms with Crippen LogP contribution in [0.4, 0.5) is 11.8 Å². The lowest BCUT2D eigenvalue weighted by molar-refractivity contribution is 0.391. The van der Waals surface area contributed by atoms with Crippen LogP contribution in [0.1, 0.15) is 5.56 Å². The molecule has 1 aromatic carbocycles. The van der Waals surface area contributed by atoms with E-state index < -0.39 is 0 Å². The van der Waals surface area contributed by atoms with Crippen molar-refractivity contribution in [3.63, 3.8) is 0 Å². The van der Waals surface area contributed by atoms with E-state index in [1.807, 2.05) is 55.2 Å². The van der Waals surface area contributed by atoms with E-state index >= 15 is 0 Å². The SMILES string of the molecule is COc1ccc(CN(C)c2nccc(N(C)C)n2)c(OC)c1. The van der Waals surface area contributed by atoms with Crippen molar-refractivity contribution in [3.05, 3.63) is 36.0 Å². The van der Waals surface area contributed by atoms with Crippen LogP contribution in [0.2, 0.25) is 0 Å². The van der Waals surface area contributed by atoms with Gasteiger partial charge in [0.05, 0.1) is 14.2 Å². The second kappa shape index (κ2) is 6.98. The highest BCUT2D eigenvalue weighted by Crippen LogP contribution is 2.26. The summed E-state index contributed by atoms with van der Waals surface area (Å²) in [4.78, 5) is 12.8. The van der Waals surface area contributed by atoms with E-state index in [0.29, 0.717) is 12.5 Å². The number of rotatable bonds is 6. The quantitative estimate of drug-likeness (QED) is 0.815. The molecule has 0 saturated carbocycles. The summed E-state index contributed by atoms with van der Waals surface area (Å²) in [5.41, 5.74) is 1.05. The molecule has 0 fully saturated rings. The van der Waals surface area contributed by atoms with E-state index in [9.17, 15) is 0 Å². The van der Waals surface area contributed by atoms with Crippen molar-refractivity contribution in [2.24, 2.45) is 0 Å². The van der Waals surface area contributed by atoms with Crippen LogP contribution >= 0.6 is 0 Å². The van der Waals surface area contributed by atoms with Crippen molar-refractivity contribution >= 4 is 11.8 Å². The van der Waals surface area contributed by atoms with Gasteiger partial charge in [-0.2, -0.15) is 4.98 Å². The highest BCUT2D eigenvalue weighted by molar-refractivity contribution is 5.45. The maximum atomic E-state index is 5.43. The molecule has 2 rings (SSSR count). The van der Waals surface area contributed by atoms with Crippen molar-refractivity contribution in [1.29, 1.82) is 0 Å².